The van der Waals surface area contributed by atoms with Crippen LogP contribution in [-0.4, -0.2) is 11.2 Å². The molecule has 0 aromatic carbocycles. The van der Waals surface area contributed by atoms with Gasteiger partial charge < -0.3 is 5.11 Å². The van der Waals surface area contributed by atoms with Crippen molar-refractivity contribution in [2.45, 2.75) is 103 Å². The summed E-state index contributed by atoms with van der Waals surface area (Å²) in [6.45, 7) is 4.47. The maximum Gasteiger partial charge on any atom is 0.114 e. The second-order valence-electron chi connectivity index (χ2n) is 5.56. The van der Waals surface area contributed by atoms with Crippen molar-refractivity contribution >= 4 is 0 Å². The van der Waals surface area contributed by atoms with Crippen LogP contribution in [-0.2, 0) is 0 Å². The fourth-order valence-electron chi connectivity index (χ4n) is 2.20. The van der Waals surface area contributed by atoms with E-state index in [0.717, 1.165) is 19.3 Å². The summed E-state index contributed by atoms with van der Waals surface area (Å²) in [5, 5.41) is 9.72. The largest absolute Gasteiger partial charge is 0.380 e. The molecule has 0 aliphatic carbocycles. The van der Waals surface area contributed by atoms with Gasteiger partial charge in [-0.05, 0) is 19.3 Å². The van der Waals surface area contributed by atoms with Crippen molar-refractivity contribution in [3.63, 3.8) is 0 Å². The SMILES string of the molecule is CCCCCCCC#C[C@@H](O)CCCCCCCC. The van der Waals surface area contributed by atoms with Gasteiger partial charge in [0.2, 0.25) is 0 Å². The molecule has 1 nitrogen and oxygen atoms in total. The summed E-state index contributed by atoms with van der Waals surface area (Å²) in [6, 6.07) is 0. The second-order valence-corrected chi connectivity index (χ2v) is 5.56. The summed E-state index contributed by atoms with van der Waals surface area (Å²) in [5.74, 6) is 6.10. The average molecular weight is 266 g/mol. The van der Waals surface area contributed by atoms with Gasteiger partial charge in [-0.2, -0.15) is 0 Å². The molecule has 0 saturated heterocycles. The normalized spacial score (nSPS) is 11.9. The number of aliphatic hydroxyl groups excluding tert-OH is 1. The fourth-order valence-corrected chi connectivity index (χ4v) is 2.20. The molecular weight excluding hydrogens is 232 g/mol. The highest BCUT2D eigenvalue weighted by molar-refractivity contribution is 5.04. The molecule has 0 spiro atoms. The van der Waals surface area contributed by atoms with Crippen LogP contribution < -0.4 is 0 Å². The van der Waals surface area contributed by atoms with E-state index in [0.29, 0.717) is 0 Å². The summed E-state index contributed by atoms with van der Waals surface area (Å²) in [5.41, 5.74) is 0. The highest BCUT2D eigenvalue weighted by Crippen LogP contribution is 2.08. The predicted octanol–water partition coefficient (Wildman–Crippen LogP) is 5.46. The molecule has 0 amide bonds. The number of hydrogen-bond acceptors (Lipinski definition) is 1. The van der Waals surface area contributed by atoms with E-state index in [1.54, 1.807) is 0 Å². The van der Waals surface area contributed by atoms with E-state index in [9.17, 15) is 5.11 Å². The zero-order chi connectivity index (χ0) is 14.2. The smallest absolute Gasteiger partial charge is 0.114 e. The van der Waals surface area contributed by atoms with Gasteiger partial charge in [-0.3, -0.25) is 0 Å². The molecular formula is C18H34O. The van der Waals surface area contributed by atoms with Gasteiger partial charge in [0.05, 0.1) is 0 Å². The van der Waals surface area contributed by atoms with E-state index >= 15 is 0 Å². The van der Waals surface area contributed by atoms with Crippen LogP contribution >= 0.6 is 0 Å². The molecule has 1 atom stereocenters. The molecule has 0 aromatic rings. The third-order valence-electron chi connectivity index (χ3n) is 3.51. The van der Waals surface area contributed by atoms with Crippen LogP contribution in [0.3, 0.4) is 0 Å². The maximum atomic E-state index is 9.72. The Morgan fingerprint density at radius 3 is 1.89 bits per heavy atom. The summed E-state index contributed by atoms with van der Waals surface area (Å²) in [7, 11) is 0. The van der Waals surface area contributed by atoms with Crippen LogP contribution in [0.25, 0.3) is 0 Å². The van der Waals surface area contributed by atoms with Crippen LogP contribution in [0.4, 0.5) is 0 Å². The highest BCUT2D eigenvalue weighted by atomic mass is 16.3. The molecule has 0 aliphatic rings. The minimum Gasteiger partial charge on any atom is -0.380 e. The first kappa shape index (κ1) is 18.5. The molecule has 19 heavy (non-hydrogen) atoms. The quantitative estimate of drug-likeness (QED) is 0.367. The highest BCUT2D eigenvalue weighted by Gasteiger charge is 1.98. The Bertz CT molecular complexity index is 224. The molecule has 1 N–H and O–H groups in total. The Labute approximate surface area is 121 Å². The third-order valence-corrected chi connectivity index (χ3v) is 3.51. The lowest BCUT2D eigenvalue weighted by Gasteiger charge is -2.03. The van der Waals surface area contributed by atoms with Crippen molar-refractivity contribution in [2.24, 2.45) is 0 Å². The van der Waals surface area contributed by atoms with E-state index in [-0.39, 0.29) is 6.10 Å². The summed E-state index contributed by atoms with van der Waals surface area (Å²) < 4.78 is 0. The van der Waals surface area contributed by atoms with E-state index in [1.807, 2.05) is 0 Å². The van der Waals surface area contributed by atoms with Crippen LogP contribution in [0.2, 0.25) is 0 Å². The average Bonchev–Trinajstić information content (AvgIpc) is 2.41. The van der Waals surface area contributed by atoms with Gasteiger partial charge in [-0.1, -0.05) is 77.6 Å². The Morgan fingerprint density at radius 2 is 1.26 bits per heavy atom. The lowest BCUT2D eigenvalue weighted by atomic mass is 10.1. The molecule has 0 aliphatic heterocycles. The molecule has 0 radical (unpaired) electrons. The number of unbranched alkanes of at least 4 members (excludes halogenated alkanes) is 10. The van der Waals surface area contributed by atoms with Gasteiger partial charge in [-0.25, -0.2) is 0 Å². The zero-order valence-electron chi connectivity index (χ0n) is 13.2. The maximum absolute atomic E-state index is 9.72. The fraction of sp³-hybridized carbons (Fsp3) is 0.889. The summed E-state index contributed by atoms with van der Waals surface area (Å²) in [4.78, 5) is 0. The van der Waals surface area contributed by atoms with Crippen molar-refractivity contribution in [3.05, 3.63) is 0 Å². The monoisotopic (exact) mass is 266 g/mol. The number of hydrogen-bond donors (Lipinski definition) is 1. The van der Waals surface area contributed by atoms with Crippen LogP contribution in [0.15, 0.2) is 0 Å². The molecule has 0 fully saturated rings. The van der Waals surface area contributed by atoms with E-state index in [4.69, 9.17) is 0 Å². The van der Waals surface area contributed by atoms with Crippen molar-refractivity contribution < 1.29 is 5.11 Å². The van der Waals surface area contributed by atoms with E-state index in [1.165, 1.54) is 64.2 Å². The van der Waals surface area contributed by atoms with Crippen molar-refractivity contribution in [1.29, 1.82) is 0 Å². The lowest BCUT2D eigenvalue weighted by molar-refractivity contribution is 0.217. The second kappa shape index (κ2) is 15.6. The standard InChI is InChI=1S/C18H34O/c1-3-5-7-9-11-13-15-17-18(19)16-14-12-10-8-6-4-2/h18-19H,3-14,16H2,1-2H3/t18-/m0/s1. The number of rotatable bonds is 12. The van der Waals surface area contributed by atoms with Crippen molar-refractivity contribution in [1.82, 2.24) is 0 Å². The molecule has 0 aromatic heterocycles. The van der Waals surface area contributed by atoms with Gasteiger partial charge in [-0.15, -0.1) is 5.92 Å². The minimum atomic E-state index is -0.387. The molecule has 0 heterocycles. The number of aliphatic hydroxyl groups is 1. The van der Waals surface area contributed by atoms with Crippen LogP contribution in [0.5, 0.6) is 0 Å². The Balaban J connectivity index is 3.30. The molecule has 1 heteroatoms. The minimum absolute atomic E-state index is 0.387. The van der Waals surface area contributed by atoms with Gasteiger partial charge in [0, 0.05) is 6.42 Å². The summed E-state index contributed by atoms with van der Waals surface area (Å²) in [6.07, 6.45) is 15.5. The molecule has 0 unspecified atom stereocenters. The van der Waals surface area contributed by atoms with Crippen LogP contribution in [0.1, 0.15) is 97.3 Å². The van der Waals surface area contributed by atoms with Gasteiger partial charge in [0.25, 0.3) is 0 Å². The first-order valence-electron chi connectivity index (χ1n) is 8.47. The zero-order valence-corrected chi connectivity index (χ0v) is 13.2. The molecule has 112 valence electrons. The topological polar surface area (TPSA) is 20.2 Å². The van der Waals surface area contributed by atoms with Crippen LogP contribution in [0, 0.1) is 11.8 Å². The lowest BCUT2D eigenvalue weighted by Crippen LogP contribution is -2.02. The Hall–Kier alpha value is -0.480. The molecule has 0 bridgehead atoms. The van der Waals surface area contributed by atoms with Gasteiger partial charge >= 0.3 is 0 Å². The van der Waals surface area contributed by atoms with E-state index in [2.05, 4.69) is 25.7 Å². The first-order chi connectivity index (χ1) is 9.31. The summed E-state index contributed by atoms with van der Waals surface area (Å²) >= 11 is 0. The Morgan fingerprint density at radius 1 is 0.737 bits per heavy atom. The van der Waals surface area contributed by atoms with Gasteiger partial charge in [0.1, 0.15) is 6.10 Å². The van der Waals surface area contributed by atoms with Gasteiger partial charge in [0.15, 0.2) is 0 Å². The molecule has 0 saturated carbocycles. The Kier molecular flexibility index (Phi) is 15.2. The van der Waals surface area contributed by atoms with Crippen molar-refractivity contribution in [2.75, 3.05) is 0 Å². The van der Waals surface area contributed by atoms with E-state index < -0.39 is 0 Å². The molecule has 0 rings (SSSR count). The van der Waals surface area contributed by atoms with Crippen molar-refractivity contribution in [3.8, 4) is 11.8 Å². The first-order valence-corrected chi connectivity index (χ1v) is 8.47. The third kappa shape index (κ3) is 15.5. The predicted molar refractivity (Wildman–Crippen MR) is 85.2 cm³/mol.